The monoisotopic (exact) mass is 305 g/mol. The molecule has 0 aromatic carbocycles. The second-order valence-corrected chi connectivity index (χ2v) is 7.44. The van der Waals surface area contributed by atoms with Crippen molar-refractivity contribution >= 4 is 11.9 Å². The number of nitrogens with zero attached hydrogens (tertiary/aromatic N) is 1. The summed E-state index contributed by atoms with van der Waals surface area (Å²) in [6, 6.07) is 0. The summed E-state index contributed by atoms with van der Waals surface area (Å²) in [6.45, 7) is 5.75. The standard InChI is InChI=1S/C17H23NO4/c1-10-4-5-12-11(6-10)8-17(22)13(16(12,2)3)7-14(19)18(17)9-15(20)21/h6-7,11-12,22H,4-5,8-9H2,1-3H3,(H,20,21)/t11-,12-,17-/m1/s1. The lowest BCUT2D eigenvalue weighted by Crippen LogP contribution is -2.58. The van der Waals surface area contributed by atoms with E-state index >= 15 is 0 Å². The van der Waals surface area contributed by atoms with Crippen LogP contribution < -0.4 is 0 Å². The number of carbonyl (C=O) groups is 2. The van der Waals surface area contributed by atoms with Gasteiger partial charge in [0, 0.05) is 12.5 Å². The first kappa shape index (κ1) is 15.3. The summed E-state index contributed by atoms with van der Waals surface area (Å²) in [7, 11) is 0. The molecule has 5 nitrogen and oxygen atoms in total. The zero-order chi connectivity index (χ0) is 16.3. The van der Waals surface area contributed by atoms with Crippen LogP contribution in [-0.4, -0.2) is 39.3 Å². The zero-order valence-electron chi connectivity index (χ0n) is 13.3. The minimum Gasteiger partial charge on any atom is -0.480 e. The summed E-state index contributed by atoms with van der Waals surface area (Å²) in [5.41, 5.74) is 0.203. The number of amides is 1. The number of hydrogen-bond donors (Lipinski definition) is 2. The van der Waals surface area contributed by atoms with Gasteiger partial charge in [-0.05, 0) is 42.6 Å². The maximum absolute atomic E-state index is 12.2. The summed E-state index contributed by atoms with van der Waals surface area (Å²) >= 11 is 0. The maximum atomic E-state index is 12.2. The highest BCUT2D eigenvalue weighted by Gasteiger charge is 2.59. The molecule has 1 saturated carbocycles. The molecule has 5 heteroatoms. The van der Waals surface area contributed by atoms with Crippen LogP contribution in [0.2, 0.25) is 0 Å². The lowest BCUT2D eigenvalue weighted by atomic mass is 9.55. The lowest BCUT2D eigenvalue weighted by Gasteiger charge is -2.54. The minimum atomic E-state index is -1.46. The van der Waals surface area contributed by atoms with E-state index in [1.807, 2.05) is 0 Å². The summed E-state index contributed by atoms with van der Waals surface area (Å²) in [5, 5.41) is 20.3. The molecule has 0 aromatic rings. The Bertz CT molecular complexity index is 604. The second-order valence-electron chi connectivity index (χ2n) is 7.44. The molecule has 3 rings (SSSR count). The summed E-state index contributed by atoms with van der Waals surface area (Å²) in [6.07, 6.45) is 6.14. The summed E-state index contributed by atoms with van der Waals surface area (Å²) < 4.78 is 0. The first-order chi connectivity index (χ1) is 10.2. The molecular weight excluding hydrogens is 282 g/mol. The van der Waals surface area contributed by atoms with Crippen molar-refractivity contribution in [2.75, 3.05) is 6.54 Å². The van der Waals surface area contributed by atoms with Gasteiger partial charge in [-0.1, -0.05) is 25.5 Å². The lowest BCUT2D eigenvalue weighted by molar-refractivity contribution is -0.164. The first-order valence-corrected chi connectivity index (χ1v) is 7.82. The van der Waals surface area contributed by atoms with Gasteiger partial charge in [0.05, 0.1) is 0 Å². The molecule has 120 valence electrons. The van der Waals surface area contributed by atoms with Crippen LogP contribution in [0.15, 0.2) is 23.3 Å². The van der Waals surface area contributed by atoms with E-state index in [-0.39, 0.29) is 11.3 Å². The third kappa shape index (κ3) is 2.02. The number of carbonyl (C=O) groups excluding carboxylic acids is 1. The van der Waals surface area contributed by atoms with Gasteiger partial charge in [-0.25, -0.2) is 0 Å². The Balaban J connectivity index is 2.05. The largest absolute Gasteiger partial charge is 0.480 e. The second kappa shape index (κ2) is 4.69. The number of carboxylic acid groups (broad SMARTS) is 1. The van der Waals surface area contributed by atoms with E-state index in [0.29, 0.717) is 17.9 Å². The Morgan fingerprint density at radius 2 is 2.14 bits per heavy atom. The van der Waals surface area contributed by atoms with E-state index in [9.17, 15) is 14.7 Å². The Labute approximate surface area is 130 Å². The average Bonchev–Trinajstić information content (AvgIpc) is 2.63. The highest BCUT2D eigenvalue weighted by Crippen LogP contribution is 2.58. The van der Waals surface area contributed by atoms with Gasteiger partial charge < -0.3 is 10.2 Å². The van der Waals surface area contributed by atoms with Crippen molar-refractivity contribution in [3.8, 4) is 0 Å². The Morgan fingerprint density at radius 3 is 2.77 bits per heavy atom. The molecule has 0 spiro atoms. The molecule has 2 aliphatic carbocycles. The molecule has 0 unspecified atom stereocenters. The quantitative estimate of drug-likeness (QED) is 0.764. The highest BCUT2D eigenvalue weighted by molar-refractivity contribution is 5.95. The summed E-state index contributed by atoms with van der Waals surface area (Å²) in [5.74, 6) is -0.951. The van der Waals surface area contributed by atoms with Gasteiger partial charge >= 0.3 is 5.97 Å². The van der Waals surface area contributed by atoms with Crippen LogP contribution in [0.1, 0.15) is 40.0 Å². The zero-order valence-corrected chi connectivity index (χ0v) is 13.3. The van der Waals surface area contributed by atoms with Gasteiger partial charge in [-0.2, -0.15) is 0 Å². The van der Waals surface area contributed by atoms with Crippen LogP contribution in [0.3, 0.4) is 0 Å². The van der Waals surface area contributed by atoms with Crippen molar-refractivity contribution < 1.29 is 19.8 Å². The Hall–Kier alpha value is -1.62. The van der Waals surface area contributed by atoms with Gasteiger partial charge in [0.25, 0.3) is 0 Å². The predicted octanol–water partition coefficient (Wildman–Crippen LogP) is 1.93. The molecule has 1 amide bonds. The Morgan fingerprint density at radius 1 is 1.45 bits per heavy atom. The van der Waals surface area contributed by atoms with Crippen LogP contribution in [0.4, 0.5) is 0 Å². The molecular formula is C17H23NO4. The maximum Gasteiger partial charge on any atom is 0.323 e. The van der Waals surface area contributed by atoms with E-state index < -0.39 is 24.1 Å². The molecule has 3 atom stereocenters. The van der Waals surface area contributed by atoms with Gasteiger partial charge in [0.2, 0.25) is 5.91 Å². The van der Waals surface area contributed by atoms with Crippen molar-refractivity contribution in [1.29, 1.82) is 0 Å². The number of aliphatic carboxylic acids is 1. The summed E-state index contributed by atoms with van der Waals surface area (Å²) in [4.78, 5) is 24.4. The van der Waals surface area contributed by atoms with Crippen LogP contribution in [0, 0.1) is 17.3 Å². The number of carboxylic acids is 1. The smallest absolute Gasteiger partial charge is 0.323 e. The van der Waals surface area contributed by atoms with Gasteiger partial charge in [-0.15, -0.1) is 0 Å². The molecule has 22 heavy (non-hydrogen) atoms. The van der Waals surface area contributed by atoms with Crippen molar-refractivity contribution in [3.05, 3.63) is 23.3 Å². The molecule has 1 heterocycles. The van der Waals surface area contributed by atoms with E-state index in [2.05, 4.69) is 26.8 Å². The molecule has 0 radical (unpaired) electrons. The van der Waals surface area contributed by atoms with Crippen molar-refractivity contribution in [1.82, 2.24) is 4.90 Å². The van der Waals surface area contributed by atoms with Crippen LogP contribution in [-0.2, 0) is 9.59 Å². The van der Waals surface area contributed by atoms with Gasteiger partial charge in [0.15, 0.2) is 5.72 Å². The van der Waals surface area contributed by atoms with E-state index in [1.54, 1.807) is 0 Å². The Kier molecular flexibility index (Phi) is 3.25. The van der Waals surface area contributed by atoms with Crippen molar-refractivity contribution in [2.24, 2.45) is 17.3 Å². The van der Waals surface area contributed by atoms with E-state index in [0.717, 1.165) is 17.7 Å². The third-order valence-electron chi connectivity index (χ3n) is 5.71. The van der Waals surface area contributed by atoms with Gasteiger partial charge in [0.1, 0.15) is 6.54 Å². The molecule has 1 aliphatic heterocycles. The van der Waals surface area contributed by atoms with E-state index in [1.165, 1.54) is 11.6 Å². The van der Waals surface area contributed by atoms with Crippen molar-refractivity contribution in [3.63, 3.8) is 0 Å². The normalized spacial score (nSPS) is 36.4. The number of aliphatic hydroxyl groups is 1. The highest BCUT2D eigenvalue weighted by atomic mass is 16.4. The van der Waals surface area contributed by atoms with Crippen LogP contribution in [0.25, 0.3) is 0 Å². The van der Waals surface area contributed by atoms with Crippen LogP contribution >= 0.6 is 0 Å². The fourth-order valence-corrected chi connectivity index (χ4v) is 4.70. The van der Waals surface area contributed by atoms with Crippen molar-refractivity contribution in [2.45, 2.75) is 45.8 Å². The number of fused-ring (bicyclic) bond motifs is 2. The van der Waals surface area contributed by atoms with Crippen LogP contribution in [0.5, 0.6) is 0 Å². The SMILES string of the molecule is CC1=C[C@@H]2C[C@@]3(O)C(=CC(=O)N3CC(=O)O)C(C)(C)[C@@H]2CC1. The molecule has 3 aliphatic rings. The van der Waals surface area contributed by atoms with Gasteiger partial charge in [-0.3, -0.25) is 14.5 Å². The fraction of sp³-hybridized carbons (Fsp3) is 0.647. The molecule has 2 N–H and O–H groups in total. The number of hydrogen-bond acceptors (Lipinski definition) is 3. The fourth-order valence-electron chi connectivity index (χ4n) is 4.70. The average molecular weight is 305 g/mol. The topological polar surface area (TPSA) is 77.8 Å². The first-order valence-electron chi connectivity index (χ1n) is 7.82. The molecule has 1 fully saturated rings. The third-order valence-corrected chi connectivity index (χ3v) is 5.71. The number of rotatable bonds is 2. The predicted molar refractivity (Wildman–Crippen MR) is 80.8 cm³/mol. The molecule has 0 saturated heterocycles. The van der Waals surface area contributed by atoms with E-state index in [4.69, 9.17) is 5.11 Å². The molecule has 0 aromatic heterocycles. The number of allylic oxidation sites excluding steroid dienone is 2. The molecule has 0 bridgehead atoms. The minimum absolute atomic E-state index is 0.174.